The van der Waals surface area contributed by atoms with E-state index in [0.29, 0.717) is 9.90 Å². The van der Waals surface area contributed by atoms with Crippen LogP contribution in [0, 0.1) is 0 Å². The Hall–Kier alpha value is -0.970. The molecule has 0 fully saturated rings. The zero-order valence-electron chi connectivity index (χ0n) is 8.72. The number of carbonyl (C=O) groups is 1. The molecule has 0 aliphatic heterocycles. The van der Waals surface area contributed by atoms with Crippen LogP contribution in [0.3, 0.4) is 0 Å². The Balaban J connectivity index is 1.94. The van der Waals surface area contributed by atoms with Gasteiger partial charge in [0.1, 0.15) is 11.5 Å². The van der Waals surface area contributed by atoms with Crippen molar-refractivity contribution in [2.45, 2.75) is 11.5 Å². The zero-order valence-corrected chi connectivity index (χ0v) is 11.2. The van der Waals surface area contributed by atoms with Crippen LogP contribution in [0.4, 0.5) is 0 Å². The predicted molar refractivity (Wildman–Crippen MR) is 72.1 cm³/mol. The topological polar surface area (TPSA) is 26.3 Å². The first-order valence-corrected chi connectivity index (χ1v) is 6.55. The summed E-state index contributed by atoms with van der Waals surface area (Å²) in [6.45, 7) is 0.246. The van der Waals surface area contributed by atoms with Crippen molar-refractivity contribution in [3.05, 3.63) is 51.2 Å². The van der Waals surface area contributed by atoms with Crippen molar-refractivity contribution in [2.75, 3.05) is 0 Å². The fourth-order valence-electron chi connectivity index (χ4n) is 1.23. The first kappa shape index (κ1) is 12.5. The molecule has 0 bridgehead atoms. The van der Waals surface area contributed by atoms with Crippen LogP contribution in [-0.4, -0.2) is 5.97 Å². The summed E-state index contributed by atoms with van der Waals surface area (Å²) >= 11 is 11.2. The van der Waals surface area contributed by atoms with E-state index in [1.165, 1.54) is 11.3 Å². The average Bonchev–Trinajstić information content (AvgIpc) is 2.75. The normalized spacial score (nSPS) is 10.2. The van der Waals surface area contributed by atoms with E-state index in [2.05, 4.69) is 12.6 Å². The molecule has 1 aromatic heterocycles. The molecular weight excluding hydrogens is 276 g/mol. The van der Waals surface area contributed by atoms with Gasteiger partial charge in [-0.3, -0.25) is 0 Å². The highest BCUT2D eigenvalue weighted by molar-refractivity contribution is 7.80. The van der Waals surface area contributed by atoms with Crippen molar-refractivity contribution in [1.29, 1.82) is 0 Å². The minimum atomic E-state index is -0.328. The summed E-state index contributed by atoms with van der Waals surface area (Å²) in [7, 11) is 0. The van der Waals surface area contributed by atoms with E-state index >= 15 is 0 Å². The average molecular weight is 285 g/mol. The summed E-state index contributed by atoms with van der Waals surface area (Å²) in [6, 6.07) is 8.88. The number of benzene rings is 1. The van der Waals surface area contributed by atoms with Crippen molar-refractivity contribution in [3.8, 4) is 0 Å². The molecule has 0 aliphatic carbocycles. The van der Waals surface area contributed by atoms with Gasteiger partial charge >= 0.3 is 5.97 Å². The molecule has 0 saturated heterocycles. The second-order valence-corrected chi connectivity index (χ2v) is 5.24. The quantitative estimate of drug-likeness (QED) is 0.680. The molecule has 0 N–H and O–H groups in total. The van der Waals surface area contributed by atoms with Crippen LogP contribution in [0.25, 0.3) is 0 Å². The summed E-state index contributed by atoms with van der Waals surface area (Å²) in [6.07, 6.45) is 0. The fourth-order valence-corrected chi connectivity index (χ4v) is 2.40. The number of ether oxygens (including phenoxy) is 1. The molecule has 2 rings (SSSR count). The van der Waals surface area contributed by atoms with Crippen LogP contribution in [-0.2, 0) is 11.3 Å². The molecule has 1 aromatic carbocycles. The van der Waals surface area contributed by atoms with Crippen molar-refractivity contribution in [3.63, 3.8) is 0 Å². The van der Waals surface area contributed by atoms with E-state index in [-0.39, 0.29) is 12.6 Å². The molecule has 2 aromatic rings. The summed E-state index contributed by atoms with van der Waals surface area (Å²) in [5.74, 6) is -0.328. The number of thiol groups is 1. The number of esters is 1. The summed E-state index contributed by atoms with van der Waals surface area (Å²) in [5.41, 5.74) is 0.908. The van der Waals surface area contributed by atoms with Crippen molar-refractivity contribution < 1.29 is 9.53 Å². The van der Waals surface area contributed by atoms with Crippen molar-refractivity contribution >= 4 is 41.5 Å². The zero-order chi connectivity index (χ0) is 12.3. The summed E-state index contributed by atoms with van der Waals surface area (Å²) < 4.78 is 5.16. The molecule has 88 valence electrons. The van der Waals surface area contributed by atoms with E-state index < -0.39 is 0 Å². The van der Waals surface area contributed by atoms with Crippen LogP contribution in [0.1, 0.15) is 15.2 Å². The lowest BCUT2D eigenvalue weighted by Crippen LogP contribution is -2.02. The summed E-state index contributed by atoms with van der Waals surface area (Å²) in [4.78, 5) is 13.0. The maximum Gasteiger partial charge on any atom is 0.348 e. The number of carbonyl (C=O) groups excluding carboxylic acids is 1. The Morgan fingerprint density at radius 2 is 2.06 bits per heavy atom. The smallest absolute Gasteiger partial charge is 0.348 e. The third-order valence-corrected chi connectivity index (χ3v) is 3.67. The molecule has 2 nitrogen and oxygen atoms in total. The summed E-state index contributed by atoms with van der Waals surface area (Å²) in [5, 5.41) is 2.46. The highest BCUT2D eigenvalue weighted by Crippen LogP contribution is 2.19. The molecule has 1 heterocycles. The minimum absolute atomic E-state index is 0.246. The molecule has 17 heavy (non-hydrogen) atoms. The molecule has 0 amide bonds. The van der Waals surface area contributed by atoms with Gasteiger partial charge in [-0.1, -0.05) is 23.7 Å². The van der Waals surface area contributed by atoms with Crippen molar-refractivity contribution in [2.24, 2.45) is 0 Å². The lowest BCUT2D eigenvalue weighted by molar-refractivity contribution is 0.0478. The van der Waals surface area contributed by atoms with Gasteiger partial charge in [0.25, 0.3) is 0 Å². The van der Waals surface area contributed by atoms with E-state index in [9.17, 15) is 4.79 Å². The molecule has 0 saturated carbocycles. The Morgan fingerprint density at radius 1 is 1.35 bits per heavy atom. The highest BCUT2D eigenvalue weighted by atomic mass is 35.5. The number of halogens is 1. The van der Waals surface area contributed by atoms with Crippen LogP contribution < -0.4 is 0 Å². The Morgan fingerprint density at radius 3 is 2.65 bits per heavy atom. The lowest BCUT2D eigenvalue weighted by atomic mass is 10.2. The van der Waals surface area contributed by atoms with E-state index in [4.69, 9.17) is 16.3 Å². The fraction of sp³-hybridized carbons (Fsp3) is 0.0833. The Labute approximate surface area is 114 Å². The van der Waals surface area contributed by atoms with Crippen LogP contribution in [0.15, 0.2) is 40.6 Å². The van der Waals surface area contributed by atoms with Crippen LogP contribution in [0.2, 0.25) is 5.02 Å². The molecular formula is C12H9ClO2S2. The van der Waals surface area contributed by atoms with Crippen LogP contribution in [0.5, 0.6) is 0 Å². The monoisotopic (exact) mass is 284 g/mol. The van der Waals surface area contributed by atoms with Gasteiger partial charge in [0.05, 0.1) is 0 Å². The van der Waals surface area contributed by atoms with Gasteiger partial charge in [-0.25, -0.2) is 4.79 Å². The van der Waals surface area contributed by atoms with E-state index in [1.807, 2.05) is 12.1 Å². The first-order chi connectivity index (χ1) is 8.15. The Kier molecular flexibility index (Phi) is 4.10. The maximum atomic E-state index is 11.6. The van der Waals surface area contributed by atoms with Gasteiger partial charge in [-0.2, -0.15) is 0 Å². The highest BCUT2D eigenvalue weighted by Gasteiger charge is 2.09. The third-order valence-electron chi connectivity index (χ3n) is 2.07. The number of rotatable bonds is 3. The van der Waals surface area contributed by atoms with Crippen LogP contribution >= 0.6 is 35.6 Å². The third kappa shape index (κ3) is 3.49. The SMILES string of the molecule is O=C(OCc1ccc(Cl)cc1)c1cc(S)cs1. The van der Waals surface area contributed by atoms with Crippen molar-refractivity contribution in [1.82, 2.24) is 0 Å². The van der Waals surface area contributed by atoms with E-state index in [1.54, 1.807) is 23.6 Å². The van der Waals surface area contributed by atoms with Gasteiger partial charge in [0.15, 0.2) is 0 Å². The maximum absolute atomic E-state index is 11.6. The van der Waals surface area contributed by atoms with Gasteiger partial charge < -0.3 is 4.74 Å². The largest absolute Gasteiger partial charge is 0.457 e. The molecule has 0 radical (unpaired) electrons. The number of hydrogen-bond acceptors (Lipinski definition) is 4. The second kappa shape index (κ2) is 5.58. The Bertz CT molecular complexity index is 520. The lowest BCUT2D eigenvalue weighted by Gasteiger charge is -2.03. The standard InChI is InChI=1S/C12H9ClO2S2/c13-9-3-1-8(2-4-9)6-15-12(14)11-5-10(16)7-17-11/h1-5,7,16H,6H2. The minimum Gasteiger partial charge on any atom is -0.457 e. The van der Waals surface area contributed by atoms with Gasteiger partial charge in [0.2, 0.25) is 0 Å². The van der Waals surface area contributed by atoms with Gasteiger partial charge in [0, 0.05) is 15.3 Å². The molecule has 5 heteroatoms. The number of hydrogen-bond donors (Lipinski definition) is 1. The van der Waals surface area contributed by atoms with E-state index in [0.717, 1.165) is 10.5 Å². The van der Waals surface area contributed by atoms with Gasteiger partial charge in [-0.05, 0) is 23.8 Å². The number of thiophene rings is 1. The molecule has 0 atom stereocenters. The molecule has 0 unspecified atom stereocenters. The molecule has 0 aliphatic rings. The second-order valence-electron chi connectivity index (χ2n) is 3.37. The first-order valence-electron chi connectivity index (χ1n) is 4.84. The molecule has 0 spiro atoms. The predicted octanol–water partition coefficient (Wildman–Crippen LogP) is 4.05. The van der Waals surface area contributed by atoms with Gasteiger partial charge in [-0.15, -0.1) is 24.0 Å².